The Bertz CT molecular complexity index is 411. The number of hydrogen-bond donors (Lipinski definition) is 1. The van der Waals surface area contributed by atoms with Gasteiger partial charge in [-0.2, -0.15) is 0 Å². The number of benzene rings is 1. The van der Waals surface area contributed by atoms with Gasteiger partial charge in [-0.1, -0.05) is 43.9 Å². The molecule has 0 heterocycles. The van der Waals surface area contributed by atoms with Crippen molar-refractivity contribution in [2.24, 2.45) is 0 Å². The maximum atomic E-state index is 14.0. The molecule has 0 bridgehead atoms. The van der Waals surface area contributed by atoms with Gasteiger partial charge < -0.3 is 10.0 Å². The van der Waals surface area contributed by atoms with Crippen LogP contribution in [-0.2, 0) is 0 Å². The van der Waals surface area contributed by atoms with E-state index in [0.717, 1.165) is 25.7 Å². The van der Waals surface area contributed by atoms with Crippen LogP contribution in [0.15, 0.2) is 24.3 Å². The molecule has 1 aromatic carbocycles. The lowest BCUT2D eigenvalue weighted by molar-refractivity contribution is -0.0216. The summed E-state index contributed by atoms with van der Waals surface area (Å²) >= 11 is 0. The zero-order chi connectivity index (χ0) is 13.9. The number of hydrogen-bond acceptors (Lipinski definition) is 2. The Kier molecular flexibility index (Phi) is 4.58. The Morgan fingerprint density at radius 1 is 1.11 bits per heavy atom. The number of likely N-dealkylation sites (N-methyl/N-ethyl adjacent to an activating group) is 1. The second-order valence-corrected chi connectivity index (χ2v) is 5.84. The topological polar surface area (TPSA) is 23.5 Å². The van der Waals surface area contributed by atoms with Gasteiger partial charge in [-0.15, -0.1) is 0 Å². The Morgan fingerprint density at radius 2 is 1.68 bits per heavy atom. The van der Waals surface area contributed by atoms with Gasteiger partial charge in [0.15, 0.2) is 0 Å². The molecule has 0 aromatic heterocycles. The molecule has 1 aliphatic carbocycles. The largest absolute Gasteiger partial charge is 0.386 e. The third-order valence-electron chi connectivity index (χ3n) is 4.57. The van der Waals surface area contributed by atoms with E-state index in [1.807, 2.05) is 14.1 Å². The average molecular weight is 265 g/mol. The van der Waals surface area contributed by atoms with E-state index in [0.29, 0.717) is 5.56 Å². The number of rotatable bonds is 3. The van der Waals surface area contributed by atoms with Gasteiger partial charge in [0.2, 0.25) is 0 Å². The molecule has 106 valence electrons. The molecule has 0 radical (unpaired) electrons. The normalized spacial score (nSPS) is 21.1. The van der Waals surface area contributed by atoms with Gasteiger partial charge in [-0.3, -0.25) is 0 Å². The number of nitrogens with zero attached hydrogens (tertiary/aromatic N) is 1. The Labute approximate surface area is 115 Å². The predicted molar refractivity (Wildman–Crippen MR) is 75.5 cm³/mol. The number of aliphatic hydroxyl groups excluding tert-OH is 1. The summed E-state index contributed by atoms with van der Waals surface area (Å²) in [5.41, 5.74) is 0.0942. The van der Waals surface area contributed by atoms with E-state index < -0.39 is 6.10 Å². The van der Waals surface area contributed by atoms with E-state index in [1.165, 1.54) is 18.9 Å². The molecule has 1 atom stereocenters. The van der Waals surface area contributed by atoms with Crippen molar-refractivity contribution in [1.82, 2.24) is 4.90 Å². The summed E-state index contributed by atoms with van der Waals surface area (Å²) in [6.07, 6.45) is 5.71. The molecular formula is C16H24FNO. The molecular weight excluding hydrogens is 241 g/mol. The lowest BCUT2D eigenvalue weighted by Gasteiger charge is -2.43. The second kappa shape index (κ2) is 6.02. The first kappa shape index (κ1) is 14.5. The van der Waals surface area contributed by atoms with Gasteiger partial charge >= 0.3 is 0 Å². The SMILES string of the molecule is CN(C)C1(C(O)c2ccccc2F)CCCCCC1. The lowest BCUT2D eigenvalue weighted by atomic mass is 9.80. The van der Waals surface area contributed by atoms with E-state index in [4.69, 9.17) is 0 Å². The molecule has 1 aromatic rings. The fourth-order valence-electron chi connectivity index (χ4n) is 3.29. The van der Waals surface area contributed by atoms with Gasteiger partial charge in [0.05, 0.1) is 5.54 Å². The fraction of sp³-hybridized carbons (Fsp3) is 0.625. The van der Waals surface area contributed by atoms with E-state index in [2.05, 4.69) is 4.90 Å². The smallest absolute Gasteiger partial charge is 0.129 e. The van der Waals surface area contributed by atoms with Crippen LogP contribution in [0.2, 0.25) is 0 Å². The molecule has 1 fully saturated rings. The monoisotopic (exact) mass is 265 g/mol. The van der Waals surface area contributed by atoms with Gasteiger partial charge in [-0.25, -0.2) is 4.39 Å². The molecule has 2 nitrogen and oxygen atoms in total. The summed E-state index contributed by atoms with van der Waals surface area (Å²) < 4.78 is 14.0. The van der Waals surface area contributed by atoms with Crippen molar-refractivity contribution >= 4 is 0 Å². The molecule has 1 N–H and O–H groups in total. The minimum Gasteiger partial charge on any atom is -0.386 e. The summed E-state index contributed by atoms with van der Waals surface area (Å²) in [6, 6.07) is 6.59. The fourth-order valence-corrected chi connectivity index (χ4v) is 3.29. The third kappa shape index (κ3) is 2.82. The van der Waals surface area contributed by atoms with Crippen LogP contribution in [0, 0.1) is 5.82 Å². The van der Waals surface area contributed by atoms with Gasteiger partial charge in [-0.05, 0) is 33.0 Å². The Hall–Kier alpha value is -0.930. The highest BCUT2D eigenvalue weighted by Gasteiger charge is 2.41. The van der Waals surface area contributed by atoms with Crippen molar-refractivity contribution in [3.63, 3.8) is 0 Å². The molecule has 1 unspecified atom stereocenters. The van der Waals surface area contributed by atoms with Crippen molar-refractivity contribution in [3.8, 4) is 0 Å². The molecule has 0 aliphatic heterocycles. The zero-order valence-corrected chi connectivity index (χ0v) is 11.9. The van der Waals surface area contributed by atoms with Gasteiger partial charge in [0.1, 0.15) is 11.9 Å². The van der Waals surface area contributed by atoms with Crippen LogP contribution in [0.5, 0.6) is 0 Å². The summed E-state index contributed by atoms with van der Waals surface area (Å²) in [5, 5.41) is 10.8. The second-order valence-electron chi connectivity index (χ2n) is 5.84. The summed E-state index contributed by atoms with van der Waals surface area (Å²) in [7, 11) is 3.99. The first-order chi connectivity index (χ1) is 9.08. The average Bonchev–Trinajstić information content (AvgIpc) is 2.65. The van der Waals surface area contributed by atoms with Gasteiger partial charge in [0, 0.05) is 5.56 Å². The molecule has 1 aliphatic rings. The van der Waals surface area contributed by atoms with E-state index in [-0.39, 0.29) is 11.4 Å². The molecule has 0 amide bonds. The molecule has 0 spiro atoms. The molecule has 0 saturated heterocycles. The molecule has 1 saturated carbocycles. The minimum atomic E-state index is -0.762. The quantitative estimate of drug-likeness (QED) is 0.845. The van der Waals surface area contributed by atoms with Crippen LogP contribution < -0.4 is 0 Å². The molecule has 3 heteroatoms. The summed E-state index contributed by atoms with van der Waals surface area (Å²) in [6.45, 7) is 0. The van der Waals surface area contributed by atoms with Crippen LogP contribution in [0.3, 0.4) is 0 Å². The van der Waals surface area contributed by atoms with Crippen molar-refractivity contribution in [3.05, 3.63) is 35.6 Å². The molecule has 19 heavy (non-hydrogen) atoms. The predicted octanol–water partition coefficient (Wildman–Crippen LogP) is 3.51. The maximum Gasteiger partial charge on any atom is 0.129 e. The van der Waals surface area contributed by atoms with Crippen LogP contribution in [0.4, 0.5) is 4.39 Å². The maximum absolute atomic E-state index is 14.0. The highest BCUT2D eigenvalue weighted by Crippen LogP contribution is 2.41. The number of halogens is 1. The molecule has 2 rings (SSSR count). The Balaban J connectivity index is 2.35. The first-order valence-corrected chi connectivity index (χ1v) is 7.18. The van der Waals surface area contributed by atoms with Crippen molar-refractivity contribution in [2.75, 3.05) is 14.1 Å². The lowest BCUT2D eigenvalue weighted by Crippen LogP contribution is -2.49. The van der Waals surface area contributed by atoms with Gasteiger partial charge in [0.25, 0.3) is 0 Å². The summed E-state index contributed by atoms with van der Waals surface area (Å²) in [4.78, 5) is 2.09. The van der Waals surface area contributed by atoms with Crippen molar-refractivity contribution in [1.29, 1.82) is 0 Å². The highest BCUT2D eigenvalue weighted by molar-refractivity contribution is 5.23. The van der Waals surface area contributed by atoms with E-state index in [1.54, 1.807) is 18.2 Å². The van der Waals surface area contributed by atoms with Crippen LogP contribution in [-0.4, -0.2) is 29.6 Å². The Morgan fingerprint density at radius 3 is 2.21 bits per heavy atom. The van der Waals surface area contributed by atoms with Crippen LogP contribution >= 0.6 is 0 Å². The first-order valence-electron chi connectivity index (χ1n) is 7.18. The van der Waals surface area contributed by atoms with Crippen LogP contribution in [0.1, 0.15) is 50.2 Å². The minimum absolute atomic E-state index is 0.305. The number of aliphatic hydroxyl groups is 1. The highest BCUT2D eigenvalue weighted by atomic mass is 19.1. The van der Waals surface area contributed by atoms with E-state index >= 15 is 0 Å². The van der Waals surface area contributed by atoms with Crippen molar-refractivity contribution < 1.29 is 9.50 Å². The van der Waals surface area contributed by atoms with Crippen LogP contribution in [0.25, 0.3) is 0 Å². The van der Waals surface area contributed by atoms with E-state index in [9.17, 15) is 9.50 Å². The third-order valence-corrected chi connectivity index (χ3v) is 4.57. The zero-order valence-electron chi connectivity index (χ0n) is 11.9. The van der Waals surface area contributed by atoms with Crippen molar-refractivity contribution in [2.45, 2.75) is 50.2 Å². The summed E-state index contributed by atoms with van der Waals surface area (Å²) in [5.74, 6) is -0.305. The standard InChI is InChI=1S/C16H24FNO/c1-18(2)16(11-7-3-4-8-12-16)15(19)13-9-5-6-10-14(13)17/h5-6,9-10,15,19H,3-4,7-8,11-12H2,1-2H3.